The molecule has 3 amide bonds. The Kier molecular flexibility index (Phi) is 4.63. The molecule has 0 aromatic carbocycles. The first-order chi connectivity index (χ1) is 9.11. The van der Waals surface area contributed by atoms with Gasteiger partial charge in [-0.1, -0.05) is 0 Å². The van der Waals surface area contributed by atoms with Crippen LogP contribution in [0, 0.1) is 5.92 Å². The van der Waals surface area contributed by atoms with E-state index in [1.807, 2.05) is 11.9 Å². The molecule has 2 aliphatic rings. The molecule has 0 radical (unpaired) electrons. The zero-order valence-corrected chi connectivity index (χ0v) is 11.9. The van der Waals surface area contributed by atoms with E-state index in [1.165, 1.54) is 6.42 Å². The van der Waals surface area contributed by atoms with Crippen molar-refractivity contribution in [3.63, 3.8) is 0 Å². The normalized spacial score (nSPS) is 24.2. The van der Waals surface area contributed by atoms with Crippen LogP contribution in [0.4, 0.5) is 4.79 Å². The predicted octanol–water partition coefficient (Wildman–Crippen LogP) is -0.188. The lowest BCUT2D eigenvalue weighted by Gasteiger charge is -2.33. The first-order valence-corrected chi connectivity index (χ1v) is 7.04. The number of hydrogen-bond acceptors (Lipinski definition) is 3. The quantitative estimate of drug-likeness (QED) is 0.769. The summed E-state index contributed by atoms with van der Waals surface area (Å²) in [5.41, 5.74) is 0. The Bertz CT molecular complexity index is 346. The summed E-state index contributed by atoms with van der Waals surface area (Å²) in [5, 5.41) is 3.17. The third kappa shape index (κ3) is 3.37. The molecule has 19 heavy (non-hydrogen) atoms. The average molecular weight is 268 g/mol. The van der Waals surface area contributed by atoms with Crippen molar-refractivity contribution in [1.82, 2.24) is 20.0 Å². The van der Waals surface area contributed by atoms with Crippen LogP contribution in [0.15, 0.2) is 0 Å². The van der Waals surface area contributed by atoms with Gasteiger partial charge in [0.25, 0.3) is 0 Å². The molecule has 0 spiro atoms. The summed E-state index contributed by atoms with van der Waals surface area (Å²) >= 11 is 0. The van der Waals surface area contributed by atoms with Crippen molar-refractivity contribution in [3.8, 4) is 0 Å². The van der Waals surface area contributed by atoms with Gasteiger partial charge in [-0.25, -0.2) is 4.79 Å². The lowest BCUT2D eigenvalue weighted by molar-refractivity contribution is -0.133. The van der Waals surface area contributed by atoms with Crippen molar-refractivity contribution in [2.24, 2.45) is 5.92 Å². The van der Waals surface area contributed by atoms with Gasteiger partial charge >= 0.3 is 6.03 Å². The van der Waals surface area contributed by atoms with E-state index in [-0.39, 0.29) is 18.5 Å². The number of amides is 3. The van der Waals surface area contributed by atoms with Gasteiger partial charge in [-0.15, -0.1) is 0 Å². The van der Waals surface area contributed by atoms with E-state index < -0.39 is 0 Å². The number of hydrogen-bond donors (Lipinski definition) is 1. The van der Waals surface area contributed by atoms with Gasteiger partial charge in [0, 0.05) is 33.2 Å². The van der Waals surface area contributed by atoms with Gasteiger partial charge in [0.15, 0.2) is 0 Å². The molecular formula is C13H24N4O2. The Hall–Kier alpha value is -1.30. The van der Waals surface area contributed by atoms with E-state index in [9.17, 15) is 9.59 Å². The molecule has 2 rings (SSSR count). The van der Waals surface area contributed by atoms with Crippen LogP contribution in [0.2, 0.25) is 0 Å². The fraction of sp³-hybridized carbons (Fsp3) is 0.846. The van der Waals surface area contributed by atoms with Gasteiger partial charge in [0.1, 0.15) is 6.54 Å². The van der Waals surface area contributed by atoms with E-state index in [4.69, 9.17) is 0 Å². The zero-order chi connectivity index (χ0) is 13.8. The van der Waals surface area contributed by atoms with Crippen LogP contribution in [0.3, 0.4) is 0 Å². The number of likely N-dealkylation sites (tertiary alicyclic amines) is 1. The summed E-state index contributed by atoms with van der Waals surface area (Å²) in [4.78, 5) is 29.2. The summed E-state index contributed by atoms with van der Waals surface area (Å²) < 4.78 is 0. The van der Waals surface area contributed by atoms with Crippen molar-refractivity contribution in [2.75, 3.05) is 53.4 Å². The summed E-state index contributed by atoms with van der Waals surface area (Å²) in [7, 11) is 3.72. The number of rotatable bonds is 4. The third-order valence-corrected chi connectivity index (χ3v) is 3.99. The minimum Gasteiger partial charge on any atom is -0.341 e. The molecule has 0 unspecified atom stereocenters. The van der Waals surface area contributed by atoms with Gasteiger partial charge in [-0.2, -0.15) is 0 Å². The fourth-order valence-electron chi connectivity index (χ4n) is 2.86. The molecule has 2 heterocycles. The molecule has 0 aliphatic carbocycles. The Morgan fingerprint density at radius 1 is 1.37 bits per heavy atom. The lowest BCUT2D eigenvalue weighted by atomic mass is 9.98. The second kappa shape index (κ2) is 6.23. The summed E-state index contributed by atoms with van der Waals surface area (Å²) in [6.45, 7) is 4.21. The van der Waals surface area contributed by atoms with Crippen molar-refractivity contribution >= 4 is 11.9 Å². The van der Waals surface area contributed by atoms with Gasteiger partial charge in [-0.05, 0) is 32.4 Å². The molecule has 6 heteroatoms. The van der Waals surface area contributed by atoms with Crippen LogP contribution in [-0.4, -0.2) is 80.0 Å². The van der Waals surface area contributed by atoms with Crippen LogP contribution >= 0.6 is 0 Å². The van der Waals surface area contributed by atoms with Crippen molar-refractivity contribution in [3.05, 3.63) is 0 Å². The van der Waals surface area contributed by atoms with E-state index >= 15 is 0 Å². The van der Waals surface area contributed by atoms with E-state index in [2.05, 4.69) is 5.32 Å². The SMILES string of the molecule is CNC[C@@H]1CCCN(C(=O)CN2CCN(C)C2=O)C1. The van der Waals surface area contributed by atoms with E-state index in [1.54, 1.807) is 16.8 Å². The molecule has 1 atom stereocenters. The Morgan fingerprint density at radius 3 is 2.79 bits per heavy atom. The van der Waals surface area contributed by atoms with Crippen LogP contribution in [0.5, 0.6) is 0 Å². The van der Waals surface area contributed by atoms with Crippen molar-refractivity contribution in [1.29, 1.82) is 0 Å². The van der Waals surface area contributed by atoms with Crippen molar-refractivity contribution in [2.45, 2.75) is 12.8 Å². The molecule has 0 aromatic rings. The number of urea groups is 1. The fourth-order valence-corrected chi connectivity index (χ4v) is 2.86. The van der Waals surface area contributed by atoms with E-state index in [0.29, 0.717) is 19.0 Å². The third-order valence-electron chi connectivity index (χ3n) is 3.99. The standard InChI is InChI=1S/C13H24N4O2/c1-14-8-11-4-3-5-16(9-11)12(18)10-17-7-6-15(2)13(17)19/h11,14H,3-10H2,1-2H3/t11-/m0/s1. The number of carbonyl (C=O) groups is 2. The smallest absolute Gasteiger partial charge is 0.320 e. The predicted molar refractivity (Wildman–Crippen MR) is 72.8 cm³/mol. The highest BCUT2D eigenvalue weighted by Crippen LogP contribution is 2.16. The molecule has 2 aliphatic heterocycles. The van der Waals surface area contributed by atoms with Crippen LogP contribution < -0.4 is 5.32 Å². The highest BCUT2D eigenvalue weighted by Gasteiger charge is 2.30. The maximum Gasteiger partial charge on any atom is 0.320 e. The molecule has 1 N–H and O–H groups in total. The number of nitrogens with zero attached hydrogens (tertiary/aromatic N) is 3. The van der Waals surface area contributed by atoms with Crippen molar-refractivity contribution < 1.29 is 9.59 Å². The van der Waals surface area contributed by atoms with Gasteiger partial charge in [-0.3, -0.25) is 4.79 Å². The molecule has 2 saturated heterocycles. The number of likely N-dealkylation sites (N-methyl/N-ethyl adjacent to an activating group) is 1. The van der Waals surface area contributed by atoms with Crippen LogP contribution in [-0.2, 0) is 4.79 Å². The Balaban J connectivity index is 1.84. The summed E-state index contributed by atoms with van der Waals surface area (Å²) in [6, 6.07) is -0.0304. The number of carbonyl (C=O) groups excluding carboxylic acids is 2. The second-order valence-corrected chi connectivity index (χ2v) is 5.53. The summed E-state index contributed by atoms with van der Waals surface area (Å²) in [5.74, 6) is 0.629. The van der Waals surface area contributed by atoms with Gasteiger partial charge in [0.2, 0.25) is 5.91 Å². The number of piperidine rings is 1. The Labute approximate surface area is 114 Å². The van der Waals surface area contributed by atoms with E-state index in [0.717, 1.165) is 26.1 Å². The monoisotopic (exact) mass is 268 g/mol. The van der Waals surface area contributed by atoms with Gasteiger partial charge < -0.3 is 20.0 Å². The van der Waals surface area contributed by atoms with Crippen LogP contribution in [0.25, 0.3) is 0 Å². The molecule has 0 saturated carbocycles. The molecule has 0 bridgehead atoms. The lowest BCUT2D eigenvalue weighted by Crippen LogP contribution is -2.47. The molecule has 0 aromatic heterocycles. The highest BCUT2D eigenvalue weighted by molar-refractivity contribution is 5.85. The largest absolute Gasteiger partial charge is 0.341 e. The zero-order valence-electron chi connectivity index (χ0n) is 11.9. The minimum absolute atomic E-state index is 0.0304. The second-order valence-electron chi connectivity index (χ2n) is 5.53. The maximum atomic E-state index is 12.2. The average Bonchev–Trinajstić information content (AvgIpc) is 2.71. The molecule has 2 fully saturated rings. The van der Waals surface area contributed by atoms with Gasteiger partial charge in [0.05, 0.1) is 0 Å². The Morgan fingerprint density at radius 2 is 2.16 bits per heavy atom. The topological polar surface area (TPSA) is 55.9 Å². The number of nitrogens with one attached hydrogen (secondary N) is 1. The first-order valence-electron chi connectivity index (χ1n) is 7.04. The molecule has 108 valence electrons. The first kappa shape index (κ1) is 14.1. The summed E-state index contributed by atoms with van der Waals surface area (Å²) in [6.07, 6.45) is 2.24. The maximum absolute atomic E-state index is 12.2. The molecule has 6 nitrogen and oxygen atoms in total. The van der Waals surface area contributed by atoms with Crippen LogP contribution in [0.1, 0.15) is 12.8 Å². The highest BCUT2D eigenvalue weighted by atomic mass is 16.2. The minimum atomic E-state index is -0.0304. The molecular weight excluding hydrogens is 244 g/mol.